The molecule has 0 saturated carbocycles. The minimum atomic E-state index is -0.671. The first kappa shape index (κ1) is 19.6. The fraction of sp³-hybridized carbons (Fsp3) is 0.211. The van der Waals surface area contributed by atoms with Crippen molar-refractivity contribution in [2.45, 2.75) is 25.7 Å². The standard InChI is InChI=1S/C19H13ClN4O3S/c20-15-6-5-11(8-16(15)24(26)27)7-12(9-21)18(25)23-19-14(10-22)13-3-1-2-4-17(13)28-19/h5-8H,1-4H2,(H,23,25). The van der Waals surface area contributed by atoms with Crippen LogP contribution in [-0.4, -0.2) is 10.8 Å². The lowest BCUT2D eigenvalue weighted by atomic mass is 9.96. The first-order valence-corrected chi connectivity index (χ1v) is 9.55. The third kappa shape index (κ3) is 3.89. The van der Waals surface area contributed by atoms with Crippen LogP contribution in [0.5, 0.6) is 0 Å². The number of amides is 1. The molecule has 0 saturated heterocycles. The molecule has 28 heavy (non-hydrogen) atoms. The van der Waals surface area contributed by atoms with E-state index in [1.807, 2.05) is 0 Å². The highest BCUT2D eigenvalue weighted by Crippen LogP contribution is 2.37. The van der Waals surface area contributed by atoms with Gasteiger partial charge in [0.15, 0.2) is 0 Å². The van der Waals surface area contributed by atoms with Crippen molar-refractivity contribution in [1.82, 2.24) is 0 Å². The molecule has 1 aliphatic rings. The average Bonchev–Trinajstić information content (AvgIpc) is 3.03. The number of nitrogens with zero attached hydrogens (tertiary/aromatic N) is 3. The van der Waals surface area contributed by atoms with Crippen LogP contribution in [0.15, 0.2) is 23.8 Å². The first-order chi connectivity index (χ1) is 13.4. The lowest BCUT2D eigenvalue weighted by Crippen LogP contribution is -2.13. The summed E-state index contributed by atoms with van der Waals surface area (Å²) in [6.45, 7) is 0. The number of aryl methyl sites for hydroxylation is 1. The maximum Gasteiger partial charge on any atom is 0.288 e. The summed E-state index contributed by atoms with van der Waals surface area (Å²) in [4.78, 5) is 24.0. The van der Waals surface area contributed by atoms with E-state index in [4.69, 9.17) is 11.6 Å². The lowest BCUT2D eigenvalue weighted by molar-refractivity contribution is -0.384. The second-order valence-electron chi connectivity index (χ2n) is 6.12. The SMILES string of the molecule is N#CC(=Cc1ccc(Cl)c([N+](=O)[O-])c1)C(=O)Nc1sc2c(c1C#N)CCCC2. The fourth-order valence-corrected chi connectivity index (χ4v) is 4.44. The highest BCUT2D eigenvalue weighted by Gasteiger charge is 2.23. The van der Waals surface area contributed by atoms with Crippen LogP contribution in [0.2, 0.25) is 5.02 Å². The Labute approximate surface area is 169 Å². The second kappa shape index (κ2) is 8.22. The zero-order chi connectivity index (χ0) is 20.3. The van der Waals surface area contributed by atoms with Gasteiger partial charge in [-0.2, -0.15) is 10.5 Å². The van der Waals surface area contributed by atoms with Crippen LogP contribution in [0.4, 0.5) is 10.7 Å². The molecule has 1 aromatic carbocycles. The van der Waals surface area contributed by atoms with Gasteiger partial charge in [0.25, 0.3) is 11.6 Å². The predicted octanol–water partition coefficient (Wildman–Crippen LogP) is 4.61. The van der Waals surface area contributed by atoms with Crippen LogP contribution in [0.1, 0.15) is 34.4 Å². The molecule has 0 spiro atoms. The van der Waals surface area contributed by atoms with Crippen molar-refractivity contribution in [1.29, 1.82) is 10.5 Å². The molecule has 1 aliphatic carbocycles. The number of nitro groups is 1. The Kier molecular flexibility index (Phi) is 5.74. The van der Waals surface area contributed by atoms with Gasteiger partial charge in [-0.05, 0) is 49.0 Å². The van der Waals surface area contributed by atoms with Gasteiger partial charge in [0.2, 0.25) is 0 Å². The monoisotopic (exact) mass is 412 g/mol. The molecule has 7 nitrogen and oxygen atoms in total. The van der Waals surface area contributed by atoms with E-state index in [2.05, 4.69) is 11.4 Å². The minimum Gasteiger partial charge on any atom is -0.312 e. The molecule has 1 aromatic heterocycles. The van der Waals surface area contributed by atoms with Crippen LogP contribution in [-0.2, 0) is 17.6 Å². The lowest BCUT2D eigenvalue weighted by Gasteiger charge is -2.09. The van der Waals surface area contributed by atoms with Crippen LogP contribution in [0.25, 0.3) is 6.08 Å². The van der Waals surface area contributed by atoms with E-state index < -0.39 is 10.8 Å². The molecule has 0 fully saturated rings. The van der Waals surface area contributed by atoms with E-state index in [1.54, 1.807) is 6.07 Å². The maximum absolute atomic E-state index is 12.6. The highest BCUT2D eigenvalue weighted by atomic mass is 35.5. The summed E-state index contributed by atoms with van der Waals surface area (Å²) < 4.78 is 0. The third-order valence-electron chi connectivity index (χ3n) is 4.35. The fourth-order valence-electron chi connectivity index (χ4n) is 3.02. The number of anilines is 1. The Hall–Kier alpha value is -3.20. The number of hydrogen-bond donors (Lipinski definition) is 1. The number of thiophene rings is 1. The zero-order valence-corrected chi connectivity index (χ0v) is 16.1. The van der Waals surface area contributed by atoms with Gasteiger partial charge in [-0.25, -0.2) is 0 Å². The molecule has 1 N–H and O–H groups in total. The van der Waals surface area contributed by atoms with Gasteiger partial charge in [-0.3, -0.25) is 14.9 Å². The number of benzene rings is 1. The van der Waals surface area contributed by atoms with Crippen LogP contribution < -0.4 is 5.32 Å². The van der Waals surface area contributed by atoms with E-state index >= 15 is 0 Å². The summed E-state index contributed by atoms with van der Waals surface area (Å²) in [6.07, 6.45) is 4.98. The van der Waals surface area contributed by atoms with E-state index in [0.29, 0.717) is 16.1 Å². The van der Waals surface area contributed by atoms with Crippen molar-refractivity contribution in [3.05, 3.63) is 60.5 Å². The van der Waals surface area contributed by atoms with Crippen molar-refractivity contribution in [2.24, 2.45) is 0 Å². The van der Waals surface area contributed by atoms with E-state index in [9.17, 15) is 25.4 Å². The Bertz CT molecular complexity index is 1090. The number of hydrogen-bond acceptors (Lipinski definition) is 6. The van der Waals surface area contributed by atoms with Gasteiger partial charge in [0, 0.05) is 10.9 Å². The number of nitro benzene ring substituents is 1. The zero-order valence-electron chi connectivity index (χ0n) is 14.5. The molecule has 0 bridgehead atoms. The molecule has 0 radical (unpaired) electrons. The third-order valence-corrected chi connectivity index (χ3v) is 5.88. The summed E-state index contributed by atoms with van der Waals surface area (Å²) in [5, 5.41) is 32.9. The van der Waals surface area contributed by atoms with E-state index in [-0.39, 0.29) is 16.3 Å². The topological polar surface area (TPSA) is 120 Å². The molecular formula is C19H13ClN4O3S. The van der Waals surface area contributed by atoms with Crippen molar-refractivity contribution >= 4 is 45.6 Å². The normalized spacial score (nSPS) is 13.2. The van der Waals surface area contributed by atoms with Gasteiger partial charge in [0.1, 0.15) is 27.7 Å². The number of fused-ring (bicyclic) bond motifs is 1. The summed E-state index contributed by atoms with van der Waals surface area (Å²) in [5.41, 5.74) is 1.18. The van der Waals surface area contributed by atoms with Crippen LogP contribution in [0.3, 0.4) is 0 Å². The second-order valence-corrected chi connectivity index (χ2v) is 7.63. The smallest absolute Gasteiger partial charge is 0.288 e. The van der Waals surface area contributed by atoms with Gasteiger partial charge >= 0.3 is 0 Å². The maximum atomic E-state index is 12.6. The summed E-state index contributed by atoms with van der Waals surface area (Å²) in [6, 6.07) is 7.95. The number of carbonyl (C=O) groups is 1. The first-order valence-electron chi connectivity index (χ1n) is 8.36. The molecule has 0 atom stereocenters. The minimum absolute atomic E-state index is 0.0343. The van der Waals surface area contributed by atoms with Gasteiger partial charge < -0.3 is 5.32 Å². The Morgan fingerprint density at radius 2 is 2.07 bits per heavy atom. The number of nitrogens with one attached hydrogen (secondary N) is 1. The van der Waals surface area contributed by atoms with Crippen LogP contribution in [0, 0.1) is 32.8 Å². The predicted molar refractivity (Wildman–Crippen MR) is 106 cm³/mol. The van der Waals surface area contributed by atoms with Crippen LogP contribution >= 0.6 is 22.9 Å². The molecule has 1 amide bonds. The van der Waals surface area contributed by atoms with Crippen molar-refractivity contribution in [2.75, 3.05) is 5.32 Å². The molecule has 0 aliphatic heterocycles. The summed E-state index contributed by atoms with van der Waals surface area (Å²) >= 11 is 7.14. The van der Waals surface area contributed by atoms with Crippen molar-refractivity contribution in [3.8, 4) is 12.1 Å². The van der Waals surface area contributed by atoms with Gasteiger partial charge in [0.05, 0.1) is 10.5 Å². The molecule has 3 rings (SSSR count). The van der Waals surface area contributed by atoms with Crippen molar-refractivity contribution < 1.29 is 9.72 Å². The molecule has 1 heterocycles. The van der Waals surface area contributed by atoms with Gasteiger partial charge in [-0.15, -0.1) is 11.3 Å². The highest BCUT2D eigenvalue weighted by molar-refractivity contribution is 7.16. The van der Waals surface area contributed by atoms with E-state index in [0.717, 1.165) is 36.1 Å². The summed E-state index contributed by atoms with van der Waals surface area (Å²) in [5.74, 6) is -0.671. The number of carbonyl (C=O) groups excluding carboxylic acids is 1. The Balaban J connectivity index is 1.90. The molecule has 140 valence electrons. The Morgan fingerprint density at radius 1 is 1.32 bits per heavy atom. The molecule has 0 unspecified atom stereocenters. The van der Waals surface area contributed by atoms with E-state index in [1.165, 1.54) is 35.6 Å². The Morgan fingerprint density at radius 3 is 2.75 bits per heavy atom. The van der Waals surface area contributed by atoms with Crippen molar-refractivity contribution in [3.63, 3.8) is 0 Å². The number of rotatable bonds is 4. The molecule has 9 heteroatoms. The largest absolute Gasteiger partial charge is 0.312 e. The van der Waals surface area contributed by atoms with Gasteiger partial charge in [-0.1, -0.05) is 17.7 Å². The number of nitriles is 2. The molecular weight excluding hydrogens is 400 g/mol. The average molecular weight is 413 g/mol. The summed E-state index contributed by atoms with van der Waals surface area (Å²) in [7, 11) is 0. The molecule has 2 aromatic rings. The quantitative estimate of drug-likeness (QED) is 0.340. The number of halogens is 1.